The highest BCUT2D eigenvalue weighted by Crippen LogP contribution is 2.32. The van der Waals surface area contributed by atoms with E-state index >= 15 is 0 Å². The van der Waals surface area contributed by atoms with Crippen LogP contribution in [-0.2, 0) is 6.18 Å². The molecule has 1 aliphatic heterocycles. The molecule has 1 fully saturated rings. The van der Waals surface area contributed by atoms with E-state index in [-0.39, 0.29) is 17.5 Å². The van der Waals surface area contributed by atoms with E-state index in [0.29, 0.717) is 31.7 Å². The smallest absolute Gasteiger partial charge is 0.410 e. The third kappa shape index (κ3) is 6.20. The van der Waals surface area contributed by atoms with E-state index in [1.54, 1.807) is 29.2 Å². The van der Waals surface area contributed by atoms with Crippen LogP contribution < -0.4 is 10.1 Å². The largest absolute Gasteiger partial charge is 0.416 e. The van der Waals surface area contributed by atoms with E-state index in [0.717, 1.165) is 17.7 Å². The highest BCUT2D eigenvalue weighted by Gasteiger charge is 2.32. The van der Waals surface area contributed by atoms with Crippen LogP contribution in [0, 0.1) is 5.92 Å². The first kappa shape index (κ1) is 24.3. The lowest BCUT2D eigenvalue weighted by Gasteiger charge is -2.36. The van der Waals surface area contributed by atoms with Crippen molar-refractivity contribution in [2.45, 2.75) is 25.1 Å². The number of benzene rings is 3. The molecule has 0 aliphatic carbocycles. The highest BCUT2D eigenvalue weighted by molar-refractivity contribution is 5.94. The third-order valence-corrected chi connectivity index (χ3v) is 6.14. The van der Waals surface area contributed by atoms with Crippen molar-refractivity contribution in [3.05, 3.63) is 102 Å². The van der Waals surface area contributed by atoms with Crippen LogP contribution in [0.4, 0.5) is 18.0 Å². The van der Waals surface area contributed by atoms with Crippen LogP contribution in [0.2, 0.25) is 0 Å². The maximum atomic E-state index is 12.9. The van der Waals surface area contributed by atoms with E-state index in [1.165, 1.54) is 12.1 Å². The molecule has 0 radical (unpaired) electrons. The molecule has 5 nitrogen and oxygen atoms in total. The second-order valence-corrected chi connectivity index (χ2v) is 8.44. The Morgan fingerprint density at radius 1 is 0.857 bits per heavy atom. The number of hydrogen-bond acceptors (Lipinski definition) is 3. The molecule has 1 atom stereocenters. The summed E-state index contributed by atoms with van der Waals surface area (Å²) in [5.41, 5.74) is 0.254. The number of para-hydroxylation sites is 1. The molecule has 0 saturated carbocycles. The minimum Gasteiger partial charge on any atom is -0.410 e. The predicted octanol–water partition coefficient (Wildman–Crippen LogP) is 6.09. The SMILES string of the molecule is O=C(NC(c1ccccc1)C1CCN(C(=O)Oc2ccccc2)CC1)c1ccc(C(F)(F)F)cc1. The quantitative estimate of drug-likeness (QED) is 0.479. The van der Waals surface area contributed by atoms with Gasteiger partial charge in [-0.3, -0.25) is 4.79 Å². The molecule has 3 aromatic carbocycles. The third-order valence-electron chi connectivity index (χ3n) is 6.14. The maximum absolute atomic E-state index is 12.9. The molecule has 35 heavy (non-hydrogen) atoms. The van der Waals surface area contributed by atoms with Gasteiger partial charge >= 0.3 is 12.3 Å². The van der Waals surface area contributed by atoms with E-state index in [2.05, 4.69) is 5.32 Å². The van der Waals surface area contributed by atoms with Gasteiger partial charge in [0.15, 0.2) is 0 Å². The van der Waals surface area contributed by atoms with Gasteiger partial charge in [-0.1, -0.05) is 48.5 Å². The molecule has 0 bridgehead atoms. The van der Waals surface area contributed by atoms with Crippen molar-refractivity contribution in [2.24, 2.45) is 5.92 Å². The second-order valence-electron chi connectivity index (χ2n) is 8.44. The van der Waals surface area contributed by atoms with Gasteiger partial charge in [-0.25, -0.2) is 4.79 Å². The Morgan fingerprint density at radius 2 is 1.43 bits per heavy atom. The van der Waals surface area contributed by atoms with Gasteiger partial charge in [0.2, 0.25) is 0 Å². The zero-order chi connectivity index (χ0) is 24.8. The van der Waals surface area contributed by atoms with Crippen LogP contribution in [-0.4, -0.2) is 30.0 Å². The van der Waals surface area contributed by atoms with Crippen molar-refractivity contribution >= 4 is 12.0 Å². The summed E-state index contributed by atoms with van der Waals surface area (Å²) in [4.78, 5) is 27.1. The van der Waals surface area contributed by atoms with Crippen LogP contribution in [0.25, 0.3) is 0 Å². The molecular weight excluding hydrogens is 457 g/mol. The van der Waals surface area contributed by atoms with Gasteiger partial charge in [0.25, 0.3) is 5.91 Å². The van der Waals surface area contributed by atoms with Crippen molar-refractivity contribution in [1.29, 1.82) is 0 Å². The minimum atomic E-state index is -4.46. The Bertz CT molecular complexity index is 1130. The molecule has 8 heteroatoms. The highest BCUT2D eigenvalue weighted by atomic mass is 19.4. The number of carbonyl (C=O) groups excluding carboxylic acids is 2. The topological polar surface area (TPSA) is 58.6 Å². The fourth-order valence-electron chi connectivity index (χ4n) is 4.24. The number of rotatable bonds is 5. The number of carbonyl (C=O) groups is 2. The summed E-state index contributed by atoms with van der Waals surface area (Å²) in [5, 5.41) is 3.01. The standard InChI is InChI=1S/C27H25F3N2O3/c28-27(29,30)22-13-11-21(12-14-22)25(33)31-24(19-7-3-1-4-8-19)20-15-17-32(18-16-20)26(34)35-23-9-5-2-6-10-23/h1-14,20,24H,15-18H2,(H,31,33). The van der Waals surface area contributed by atoms with Gasteiger partial charge in [-0.15, -0.1) is 0 Å². The zero-order valence-corrected chi connectivity index (χ0v) is 18.9. The average molecular weight is 483 g/mol. The number of piperidine rings is 1. The molecule has 3 aromatic rings. The van der Waals surface area contributed by atoms with Crippen molar-refractivity contribution in [3.63, 3.8) is 0 Å². The Kier molecular flexibility index (Phi) is 7.39. The van der Waals surface area contributed by atoms with E-state index in [4.69, 9.17) is 4.74 Å². The summed E-state index contributed by atoms with van der Waals surface area (Å²) in [5.74, 6) is 0.0701. The van der Waals surface area contributed by atoms with Gasteiger partial charge in [0.1, 0.15) is 5.75 Å². The lowest BCUT2D eigenvalue weighted by molar-refractivity contribution is -0.137. The number of nitrogens with one attached hydrogen (secondary N) is 1. The van der Waals surface area contributed by atoms with Gasteiger partial charge in [0.05, 0.1) is 11.6 Å². The lowest BCUT2D eigenvalue weighted by Crippen LogP contribution is -2.44. The number of hydrogen-bond donors (Lipinski definition) is 1. The molecule has 1 aliphatic rings. The molecule has 0 aromatic heterocycles. The van der Waals surface area contributed by atoms with Crippen LogP contribution in [0.1, 0.15) is 40.4 Å². The zero-order valence-electron chi connectivity index (χ0n) is 18.9. The fourth-order valence-corrected chi connectivity index (χ4v) is 4.24. The van der Waals surface area contributed by atoms with E-state index in [1.807, 2.05) is 36.4 Å². The van der Waals surface area contributed by atoms with Crippen molar-refractivity contribution in [3.8, 4) is 5.75 Å². The number of likely N-dealkylation sites (tertiary alicyclic amines) is 1. The number of alkyl halides is 3. The second kappa shape index (κ2) is 10.6. The first-order valence-corrected chi connectivity index (χ1v) is 11.4. The molecular formula is C27H25F3N2O3. The summed E-state index contributed by atoms with van der Waals surface area (Å²) in [6.45, 7) is 0.936. The number of ether oxygens (including phenoxy) is 1. The molecule has 1 N–H and O–H groups in total. The van der Waals surface area contributed by atoms with E-state index < -0.39 is 23.7 Å². The first-order chi connectivity index (χ1) is 16.8. The summed E-state index contributed by atoms with van der Waals surface area (Å²) >= 11 is 0. The number of halogens is 3. The Morgan fingerprint density at radius 3 is 2.00 bits per heavy atom. The van der Waals surface area contributed by atoms with Crippen molar-refractivity contribution in [2.75, 3.05) is 13.1 Å². The lowest BCUT2D eigenvalue weighted by atomic mass is 9.85. The summed E-state index contributed by atoms with van der Waals surface area (Å²) in [6, 6.07) is 22.1. The molecule has 4 rings (SSSR count). The van der Waals surface area contributed by atoms with Gasteiger partial charge in [-0.05, 0) is 60.7 Å². The van der Waals surface area contributed by atoms with E-state index in [9.17, 15) is 22.8 Å². The molecule has 1 saturated heterocycles. The normalized spacial score (nSPS) is 15.3. The first-order valence-electron chi connectivity index (χ1n) is 11.4. The average Bonchev–Trinajstić information content (AvgIpc) is 2.88. The Hall–Kier alpha value is -3.81. The van der Waals surface area contributed by atoms with Gasteiger partial charge < -0.3 is 15.0 Å². The van der Waals surface area contributed by atoms with Crippen LogP contribution in [0.5, 0.6) is 5.75 Å². The van der Waals surface area contributed by atoms with Gasteiger partial charge in [-0.2, -0.15) is 13.2 Å². The maximum Gasteiger partial charge on any atom is 0.416 e. The minimum absolute atomic E-state index is 0.0385. The van der Waals surface area contributed by atoms with Gasteiger partial charge in [0, 0.05) is 18.7 Å². The Balaban J connectivity index is 1.43. The fraction of sp³-hybridized carbons (Fsp3) is 0.259. The predicted molar refractivity (Wildman–Crippen MR) is 125 cm³/mol. The molecule has 0 spiro atoms. The monoisotopic (exact) mass is 482 g/mol. The van der Waals surface area contributed by atoms with Crippen LogP contribution in [0.3, 0.4) is 0 Å². The molecule has 182 valence electrons. The Labute approximate surface area is 201 Å². The number of amides is 2. The van der Waals surface area contributed by atoms with Crippen molar-refractivity contribution < 1.29 is 27.5 Å². The van der Waals surface area contributed by atoms with Crippen LogP contribution >= 0.6 is 0 Å². The van der Waals surface area contributed by atoms with Crippen molar-refractivity contribution in [1.82, 2.24) is 10.2 Å². The molecule has 1 heterocycles. The molecule has 1 unspecified atom stereocenters. The summed E-state index contributed by atoms with van der Waals surface area (Å²) in [7, 11) is 0. The number of nitrogens with zero attached hydrogens (tertiary/aromatic N) is 1. The summed E-state index contributed by atoms with van der Waals surface area (Å²) < 4.78 is 44.0. The van der Waals surface area contributed by atoms with Crippen LogP contribution in [0.15, 0.2) is 84.9 Å². The summed E-state index contributed by atoms with van der Waals surface area (Å²) in [6.07, 6.45) is -3.61. The molecule has 2 amide bonds.